The topological polar surface area (TPSA) is 21.3 Å². The summed E-state index contributed by atoms with van der Waals surface area (Å²) in [6.45, 7) is 0. The molecule has 2 heterocycles. The Morgan fingerprint density at radius 3 is 1.96 bits per heavy atom. The highest BCUT2D eigenvalue weighted by atomic mass is 16.3. The summed E-state index contributed by atoms with van der Waals surface area (Å²) in [6, 6.07) is 65.0. The normalized spacial score (nSPS) is 11.7. The standard InChI is InChI=1S/C46H30N2O/c1-2-16-32(17-3-1)47-42-24-9-6-19-35(42)37-29-28-33(30-44(37)47)48(41-26-12-15-31-14-4-5-18-34(31)41)43-25-10-7-20-36(43)39-22-13-23-40-38-21-8-11-27-45(38)49-46(39)40/h1-30H. The highest BCUT2D eigenvalue weighted by Gasteiger charge is 2.23. The zero-order valence-corrected chi connectivity index (χ0v) is 26.6. The van der Waals surface area contributed by atoms with Crippen LogP contribution in [0.5, 0.6) is 0 Å². The minimum atomic E-state index is 0.896. The lowest BCUT2D eigenvalue weighted by atomic mass is 9.98. The number of benzene rings is 8. The van der Waals surface area contributed by atoms with E-state index in [-0.39, 0.29) is 0 Å². The van der Waals surface area contributed by atoms with Gasteiger partial charge >= 0.3 is 0 Å². The van der Waals surface area contributed by atoms with Crippen LogP contribution in [0.25, 0.3) is 71.3 Å². The Bertz CT molecular complexity index is 2840. The number of aromatic nitrogens is 1. The smallest absolute Gasteiger partial charge is 0.143 e. The minimum Gasteiger partial charge on any atom is -0.455 e. The van der Waals surface area contributed by atoms with E-state index < -0.39 is 0 Å². The van der Waals surface area contributed by atoms with Gasteiger partial charge in [-0.2, -0.15) is 0 Å². The van der Waals surface area contributed by atoms with Gasteiger partial charge in [-0.1, -0.05) is 133 Å². The van der Waals surface area contributed by atoms with Gasteiger partial charge in [-0.15, -0.1) is 0 Å². The van der Waals surface area contributed by atoms with Crippen LogP contribution in [0.1, 0.15) is 0 Å². The van der Waals surface area contributed by atoms with Crippen molar-refractivity contribution in [3.8, 4) is 16.8 Å². The van der Waals surface area contributed by atoms with Gasteiger partial charge in [0.1, 0.15) is 11.2 Å². The molecule has 0 atom stereocenters. The summed E-state index contributed by atoms with van der Waals surface area (Å²) in [6.07, 6.45) is 0. The zero-order chi connectivity index (χ0) is 32.3. The van der Waals surface area contributed by atoms with E-state index in [1.54, 1.807) is 0 Å². The molecule has 0 aliphatic carbocycles. The highest BCUT2D eigenvalue weighted by molar-refractivity contribution is 6.13. The van der Waals surface area contributed by atoms with Crippen molar-refractivity contribution in [2.24, 2.45) is 0 Å². The van der Waals surface area contributed by atoms with Gasteiger partial charge in [0.2, 0.25) is 0 Å². The first-order valence-electron chi connectivity index (χ1n) is 16.7. The Hall–Kier alpha value is -6.58. The Morgan fingerprint density at radius 2 is 1.04 bits per heavy atom. The third-order valence-electron chi connectivity index (χ3n) is 9.78. The second-order valence-electron chi connectivity index (χ2n) is 12.5. The molecule has 0 saturated heterocycles. The zero-order valence-electron chi connectivity index (χ0n) is 26.6. The molecular formula is C46H30N2O. The molecule has 10 rings (SSSR count). The van der Waals surface area contributed by atoms with E-state index in [2.05, 4.69) is 185 Å². The molecule has 0 fully saturated rings. The summed E-state index contributed by atoms with van der Waals surface area (Å²) in [5.74, 6) is 0. The monoisotopic (exact) mass is 626 g/mol. The molecule has 0 radical (unpaired) electrons. The largest absolute Gasteiger partial charge is 0.455 e. The molecule has 0 amide bonds. The molecule has 10 aromatic rings. The number of para-hydroxylation sites is 5. The molecule has 0 spiro atoms. The molecule has 230 valence electrons. The van der Waals surface area contributed by atoms with Crippen LogP contribution in [0.2, 0.25) is 0 Å². The van der Waals surface area contributed by atoms with Gasteiger partial charge < -0.3 is 13.9 Å². The minimum absolute atomic E-state index is 0.896. The summed E-state index contributed by atoms with van der Waals surface area (Å²) in [4.78, 5) is 2.42. The quantitative estimate of drug-likeness (QED) is 0.190. The van der Waals surface area contributed by atoms with Crippen LogP contribution < -0.4 is 4.90 Å². The van der Waals surface area contributed by atoms with Crippen molar-refractivity contribution in [1.82, 2.24) is 4.57 Å². The lowest BCUT2D eigenvalue weighted by molar-refractivity contribution is 0.670. The molecule has 0 aliphatic rings. The summed E-state index contributed by atoms with van der Waals surface area (Å²) < 4.78 is 8.97. The number of hydrogen-bond acceptors (Lipinski definition) is 2. The summed E-state index contributed by atoms with van der Waals surface area (Å²) in [7, 11) is 0. The van der Waals surface area contributed by atoms with Crippen molar-refractivity contribution < 1.29 is 4.42 Å². The lowest BCUT2D eigenvalue weighted by Crippen LogP contribution is -2.12. The summed E-state index contributed by atoms with van der Waals surface area (Å²) >= 11 is 0. The third-order valence-corrected chi connectivity index (χ3v) is 9.78. The van der Waals surface area contributed by atoms with Crippen LogP contribution in [0, 0.1) is 0 Å². The van der Waals surface area contributed by atoms with Crippen molar-refractivity contribution in [1.29, 1.82) is 0 Å². The first-order chi connectivity index (χ1) is 24.3. The SMILES string of the molecule is c1ccc(-n2c3ccccc3c3ccc(N(c4ccccc4-c4cccc5c4oc4ccccc45)c4cccc5ccccc45)cc32)cc1. The van der Waals surface area contributed by atoms with Crippen LogP contribution in [-0.2, 0) is 0 Å². The second kappa shape index (κ2) is 11.0. The Morgan fingerprint density at radius 1 is 0.408 bits per heavy atom. The first kappa shape index (κ1) is 27.5. The maximum absolute atomic E-state index is 6.59. The molecule has 0 bridgehead atoms. The molecule has 3 nitrogen and oxygen atoms in total. The third kappa shape index (κ3) is 4.29. The van der Waals surface area contributed by atoms with E-state index in [1.165, 1.54) is 27.1 Å². The molecule has 0 aliphatic heterocycles. The van der Waals surface area contributed by atoms with Crippen LogP contribution in [0.15, 0.2) is 186 Å². The fourth-order valence-electron chi connectivity index (χ4n) is 7.62. The van der Waals surface area contributed by atoms with Gasteiger partial charge in [0.15, 0.2) is 0 Å². The molecular weight excluding hydrogens is 597 g/mol. The molecule has 0 unspecified atom stereocenters. The van der Waals surface area contributed by atoms with Gasteiger partial charge in [0.25, 0.3) is 0 Å². The number of furan rings is 1. The van der Waals surface area contributed by atoms with E-state index in [0.29, 0.717) is 0 Å². The number of fused-ring (bicyclic) bond motifs is 7. The summed E-state index contributed by atoms with van der Waals surface area (Å²) in [5.41, 5.74) is 10.7. The fraction of sp³-hybridized carbons (Fsp3) is 0. The van der Waals surface area contributed by atoms with Gasteiger partial charge in [-0.25, -0.2) is 0 Å². The number of rotatable bonds is 5. The maximum atomic E-state index is 6.59. The van der Waals surface area contributed by atoms with Crippen molar-refractivity contribution in [3.63, 3.8) is 0 Å². The highest BCUT2D eigenvalue weighted by Crippen LogP contribution is 2.47. The average Bonchev–Trinajstić information content (AvgIpc) is 3.71. The number of anilines is 3. The average molecular weight is 627 g/mol. The van der Waals surface area contributed by atoms with Gasteiger partial charge in [0, 0.05) is 49.4 Å². The first-order valence-corrected chi connectivity index (χ1v) is 16.7. The van der Waals surface area contributed by atoms with E-state index in [1.807, 2.05) is 6.07 Å². The van der Waals surface area contributed by atoms with Gasteiger partial charge in [-0.3, -0.25) is 0 Å². The lowest BCUT2D eigenvalue weighted by Gasteiger charge is -2.29. The Labute approximate surface area is 283 Å². The van der Waals surface area contributed by atoms with E-state index in [0.717, 1.165) is 61.3 Å². The van der Waals surface area contributed by atoms with Crippen molar-refractivity contribution in [2.45, 2.75) is 0 Å². The number of hydrogen-bond donors (Lipinski definition) is 0. The van der Waals surface area contributed by atoms with Gasteiger partial charge in [-0.05, 0) is 53.9 Å². The fourth-order valence-corrected chi connectivity index (χ4v) is 7.62. The molecule has 0 saturated carbocycles. The predicted octanol–water partition coefficient (Wildman–Crippen LogP) is 13.0. The van der Waals surface area contributed by atoms with Crippen LogP contribution in [0.3, 0.4) is 0 Å². The molecule has 2 aromatic heterocycles. The molecule has 3 heteroatoms. The van der Waals surface area contributed by atoms with Crippen molar-refractivity contribution >= 4 is 71.6 Å². The van der Waals surface area contributed by atoms with Crippen molar-refractivity contribution in [2.75, 3.05) is 4.90 Å². The van der Waals surface area contributed by atoms with Crippen LogP contribution in [-0.4, -0.2) is 4.57 Å². The Balaban J connectivity index is 1.28. The molecule has 8 aromatic carbocycles. The molecule has 49 heavy (non-hydrogen) atoms. The predicted molar refractivity (Wildman–Crippen MR) is 206 cm³/mol. The maximum Gasteiger partial charge on any atom is 0.143 e. The number of nitrogens with zero attached hydrogens (tertiary/aromatic N) is 2. The van der Waals surface area contributed by atoms with E-state index >= 15 is 0 Å². The van der Waals surface area contributed by atoms with Crippen LogP contribution >= 0.6 is 0 Å². The second-order valence-corrected chi connectivity index (χ2v) is 12.5. The van der Waals surface area contributed by atoms with Crippen molar-refractivity contribution in [3.05, 3.63) is 182 Å². The van der Waals surface area contributed by atoms with E-state index in [4.69, 9.17) is 4.42 Å². The Kier molecular flexibility index (Phi) is 6.18. The molecule has 0 N–H and O–H groups in total. The van der Waals surface area contributed by atoms with Crippen LogP contribution in [0.4, 0.5) is 17.1 Å². The summed E-state index contributed by atoms with van der Waals surface area (Å²) in [5, 5.41) is 7.09. The van der Waals surface area contributed by atoms with Gasteiger partial charge in [0.05, 0.1) is 22.4 Å². The van der Waals surface area contributed by atoms with E-state index in [9.17, 15) is 0 Å².